The average Bonchev–Trinajstić information content (AvgIpc) is 2.89. The lowest BCUT2D eigenvalue weighted by molar-refractivity contribution is -0.128. The number of rotatable bonds is 13. The van der Waals surface area contributed by atoms with Gasteiger partial charge in [0.1, 0.15) is 5.83 Å². The topological polar surface area (TPSA) is 84.7 Å². The maximum atomic E-state index is 14.4. The van der Waals surface area contributed by atoms with Crippen molar-refractivity contribution >= 4 is 11.9 Å². The SMILES string of the molecule is C=C/C=C(\C(=C)F)C(=O)N(CC1CCC(CN=C(N)N)CC1)CC(C(/C=C\C)=C/C=C)c1ccccc1. The van der Waals surface area contributed by atoms with E-state index in [-0.39, 0.29) is 23.4 Å². The van der Waals surface area contributed by atoms with Crippen molar-refractivity contribution in [2.24, 2.45) is 28.3 Å². The molecule has 1 aliphatic carbocycles. The average molecular weight is 505 g/mol. The molecule has 5 nitrogen and oxygen atoms in total. The second kappa shape index (κ2) is 15.4. The van der Waals surface area contributed by atoms with Gasteiger partial charge in [-0.2, -0.15) is 0 Å². The van der Waals surface area contributed by atoms with Crippen LogP contribution in [0.25, 0.3) is 0 Å². The number of nitrogens with two attached hydrogens (primary N) is 2. The summed E-state index contributed by atoms with van der Waals surface area (Å²) in [6.45, 7) is 14.4. The van der Waals surface area contributed by atoms with Crippen molar-refractivity contribution in [3.05, 3.63) is 109 Å². The fourth-order valence-corrected chi connectivity index (χ4v) is 4.87. The number of hydrogen-bond acceptors (Lipinski definition) is 2. The summed E-state index contributed by atoms with van der Waals surface area (Å²) >= 11 is 0. The van der Waals surface area contributed by atoms with Gasteiger partial charge in [0, 0.05) is 25.6 Å². The van der Waals surface area contributed by atoms with E-state index in [1.54, 1.807) is 11.0 Å². The maximum Gasteiger partial charge on any atom is 0.256 e. The van der Waals surface area contributed by atoms with E-state index in [1.807, 2.05) is 43.4 Å². The zero-order valence-corrected chi connectivity index (χ0v) is 22.0. The summed E-state index contributed by atoms with van der Waals surface area (Å²) in [7, 11) is 0. The fourth-order valence-electron chi connectivity index (χ4n) is 4.87. The second-order valence-electron chi connectivity index (χ2n) is 9.45. The minimum atomic E-state index is -0.762. The van der Waals surface area contributed by atoms with Gasteiger partial charge in [0.2, 0.25) is 0 Å². The molecule has 2 rings (SSSR count). The number of hydrogen-bond donors (Lipinski definition) is 2. The highest BCUT2D eigenvalue weighted by atomic mass is 19.1. The third-order valence-corrected chi connectivity index (χ3v) is 6.75. The standard InChI is InChI=1S/C31H41FN4O/c1-5-11-26(12-6-2)29(27-14-9-8-10-15-27)22-36(30(37)28(13-7-3)23(4)32)21-25-18-16-24(17-19-25)20-35-31(33)34/h5-15,24-25,29H,1,3-4,16-22H2,2H3,(H4,33,34,35)/b12-6-,26-11+,28-13+. The van der Waals surface area contributed by atoms with Crippen LogP contribution < -0.4 is 11.5 Å². The van der Waals surface area contributed by atoms with Gasteiger partial charge in [-0.15, -0.1) is 0 Å². The largest absolute Gasteiger partial charge is 0.370 e. The van der Waals surface area contributed by atoms with Crippen molar-refractivity contribution < 1.29 is 9.18 Å². The van der Waals surface area contributed by atoms with Crippen LogP contribution in [0.4, 0.5) is 4.39 Å². The third-order valence-electron chi connectivity index (χ3n) is 6.75. The summed E-state index contributed by atoms with van der Waals surface area (Å²) in [5.74, 6) is -0.420. The summed E-state index contributed by atoms with van der Waals surface area (Å²) in [5, 5.41) is 0. The maximum absolute atomic E-state index is 14.4. The molecular formula is C31H41FN4O. The Morgan fingerprint density at radius 3 is 2.27 bits per heavy atom. The Bertz CT molecular complexity index is 1040. The molecule has 0 aliphatic heterocycles. The lowest BCUT2D eigenvalue weighted by Crippen LogP contribution is -2.40. The third kappa shape index (κ3) is 9.37. The van der Waals surface area contributed by atoms with Crippen molar-refractivity contribution in [1.82, 2.24) is 4.90 Å². The Morgan fingerprint density at radius 1 is 1.11 bits per heavy atom. The van der Waals surface area contributed by atoms with Gasteiger partial charge in [-0.3, -0.25) is 9.79 Å². The van der Waals surface area contributed by atoms with Gasteiger partial charge in [0.25, 0.3) is 5.91 Å². The summed E-state index contributed by atoms with van der Waals surface area (Å²) in [6, 6.07) is 10.0. The van der Waals surface area contributed by atoms with Crippen LogP contribution in [0.3, 0.4) is 0 Å². The van der Waals surface area contributed by atoms with E-state index in [0.717, 1.165) is 36.8 Å². The van der Waals surface area contributed by atoms with Crippen molar-refractivity contribution in [2.75, 3.05) is 19.6 Å². The second-order valence-corrected chi connectivity index (χ2v) is 9.45. The molecule has 1 saturated carbocycles. The number of guanidine groups is 1. The number of halogens is 1. The highest BCUT2D eigenvalue weighted by Crippen LogP contribution is 2.33. The number of amides is 1. The molecule has 6 heteroatoms. The van der Waals surface area contributed by atoms with Gasteiger partial charge >= 0.3 is 0 Å². The van der Waals surface area contributed by atoms with Crippen molar-refractivity contribution in [3.8, 4) is 0 Å². The van der Waals surface area contributed by atoms with Gasteiger partial charge in [-0.1, -0.05) is 80.4 Å². The summed E-state index contributed by atoms with van der Waals surface area (Å²) < 4.78 is 14.4. The number of aliphatic imine (C=N–C) groups is 1. The molecule has 4 N–H and O–H groups in total. The molecule has 1 aromatic carbocycles. The molecule has 1 amide bonds. The molecule has 0 saturated heterocycles. The van der Waals surface area contributed by atoms with Crippen LogP contribution in [0.5, 0.6) is 0 Å². The highest BCUT2D eigenvalue weighted by Gasteiger charge is 2.29. The summed E-state index contributed by atoms with van der Waals surface area (Å²) in [6.07, 6.45) is 14.4. The first-order chi connectivity index (χ1) is 17.8. The van der Waals surface area contributed by atoms with E-state index in [0.29, 0.717) is 31.5 Å². The first-order valence-electron chi connectivity index (χ1n) is 12.8. The van der Waals surface area contributed by atoms with Crippen LogP contribution in [0.15, 0.2) is 108 Å². The van der Waals surface area contributed by atoms with Gasteiger partial charge in [0.05, 0.1) is 5.57 Å². The predicted molar refractivity (Wildman–Crippen MR) is 154 cm³/mol. The Hall–Kier alpha value is -3.67. The zero-order valence-electron chi connectivity index (χ0n) is 22.0. The number of carbonyl (C=O) groups excluding carboxylic acids is 1. The summed E-state index contributed by atoms with van der Waals surface area (Å²) in [5.41, 5.74) is 13.0. The first kappa shape index (κ1) is 29.6. The lowest BCUT2D eigenvalue weighted by Gasteiger charge is -2.35. The molecule has 1 fully saturated rings. The molecule has 1 aliphatic rings. The lowest BCUT2D eigenvalue weighted by atomic mass is 9.81. The minimum absolute atomic E-state index is 0.0662. The molecule has 198 valence electrons. The quantitative estimate of drug-likeness (QED) is 0.150. The minimum Gasteiger partial charge on any atom is -0.370 e. The molecule has 0 radical (unpaired) electrons. The highest BCUT2D eigenvalue weighted by molar-refractivity contribution is 5.97. The van der Waals surface area contributed by atoms with Crippen molar-refractivity contribution in [2.45, 2.75) is 38.5 Å². The Morgan fingerprint density at radius 2 is 1.73 bits per heavy atom. The molecule has 0 heterocycles. The van der Waals surface area contributed by atoms with E-state index >= 15 is 0 Å². The molecular weight excluding hydrogens is 463 g/mol. The van der Waals surface area contributed by atoms with Crippen molar-refractivity contribution in [1.29, 1.82) is 0 Å². The van der Waals surface area contributed by atoms with Crippen molar-refractivity contribution in [3.63, 3.8) is 0 Å². The smallest absolute Gasteiger partial charge is 0.256 e. The van der Waals surface area contributed by atoms with Crippen LogP contribution >= 0.6 is 0 Å². The van der Waals surface area contributed by atoms with Gasteiger partial charge in [-0.05, 0) is 61.7 Å². The van der Waals surface area contributed by atoms with Crippen LogP contribution in [0, 0.1) is 11.8 Å². The predicted octanol–water partition coefficient (Wildman–Crippen LogP) is 5.96. The molecule has 37 heavy (non-hydrogen) atoms. The molecule has 0 spiro atoms. The van der Waals surface area contributed by atoms with E-state index in [1.165, 1.54) is 12.2 Å². The van der Waals surface area contributed by atoms with Gasteiger partial charge < -0.3 is 16.4 Å². The molecule has 0 aromatic heterocycles. The van der Waals surface area contributed by atoms with E-state index in [2.05, 4.69) is 36.9 Å². The number of carbonyl (C=O) groups is 1. The van der Waals surface area contributed by atoms with Gasteiger partial charge in [0.15, 0.2) is 5.96 Å². The first-order valence-corrected chi connectivity index (χ1v) is 12.8. The van der Waals surface area contributed by atoms with Crippen LogP contribution in [-0.2, 0) is 4.79 Å². The van der Waals surface area contributed by atoms with E-state index < -0.39 is 5.83 Å². The monoisotopic (exact) mass is 504 g/mol. The van der Waals surface area contributed by atoms with E-state index in [9.17, 15) is 9.18 Å². The number of benzene rings is 1. The summed E-state index contributed by atoms with van der Waals surface area (Å²) in [4.78, 5) is 19.6. The molecule has 1 atom stereocenters. The molecule has 1 aromatic rings. The Labute approximate surface area is 221 Å². The van der Waals surface area contributed by atoms with Crippen LogP contribution in [0.2, 0.25) is 0 Å². The fraction of sp³-hybridized carbons (Fsp3) is 0.355. The number of nitrogens with zero attached hydrogens (tertiary/aromatic N) is 2. The Kier molecular flexibility index (Phi) is 12.3. The Balaban J connectivity index is 2.38. The molecule has 0 bridgehead atoms. The number of allylic oxidation sites excluding steroid dienone is 6. The van der Waals surface area contributed by atoms with Crippen LogP contribution in [-0.4, -0.2) is 36.4 Å². The van der Waals surface area contributed by atoms with E-state index in [4.69, 9.17) is 11.5 Å². The van der Waals surface area contributed by atoms with Crippen LogP contribution in [0.1, 0.15) is 44.1 Å². The zero-order chi connectivity index (χ0) is 27.2. The molecule has 1 unspecified atom stereocenters. The normalized spacial score (nSPS) is 19.2. The van der Waals surface area contributed by atoms with Gasteiger partial charge in [-0.25, -0.2) is 4.39 Å².